The average Bonchev–Trinajstić information content (AvgIpc) is 3.08. The van der Waals surface area contributed by atoms with Crippen LogP contribution in [0.15, 0.2) is 30.6 Å². The van der Waals surface area contributed by atoms with Crippen LogP contribution in [0.5, 0.6) is 0 Å². The number of aromatic amines is 1. The van der Waals surface area contributed by atoms with Crippen LogP contribution in [0, 0.1) is 5.92 Å². The van der Waals surface area contributed by atoms with Crippen LogP contribution in [0.2, 0.25) is 5.02 Å². The lowest BCUT2D eigenvalue weighted by molar-refractivity contribution is -0.121. The molecular weight excluding hydrogens is 318 g/mol. The molecule has 0 bridgehead atoms. The lowest BCUT2D eigenvalue weighted by Crippen LogP contribution is -2.43. The van der Waals surface area contributed by atoms with Gasteiger partial charge in [0.15, 0.2) is 0 Å². The molecule has 23 heavy (non-hydrogen) atoms. The Balaban J connectivity index is 1.64. The molecule has 1 aromatic carbocycles. The summed E-state index contributed by atoms with van der Waals surface area (Å²) in [6, 6.07) is 6.77. The van der Waals surface area contributed by atoms with Gasteiger partial charge in [0.2, 0.25) is 11.9 Å². The highest BCUT2D eigenvalue weighted by atomic mass is 35.5. The summed E-state index contributed by atoms with van der Waals surface area (Å²) in [5.74, 6) is -0.185. The molecule has 0 aliphatic carbocycles. The fourth-order valence-corrected chi connectivity index (χ4v) is 2.76. The van der Waals surface area contributed by atoms with Crippen molar-refractivity contribution in [3.05, 3.63) is 41.2 Å². The number of amides is 2. The molecule has 1 aliphatic rings. The summed E-state index contributed by atoms with van der Waals surface area (Å²) >= 11 is 5.84. The second-order valence-corrected chi connectivity index (χ2v) is 5.86. The number of carbonyl (C=O) groups is 2. The number of rotatable bonds is 3. The first-order valence-electron chi connectivity index (χ1n) is 7.34. The van der Waals surface area contributed by atoms with Gasteiger partial charge < -0.3 is 4.90 Å². The maximum absolute atomic E-state index is 12.5. The lowest BCUT2D eigenvalue weighted by Gasteiger charge is -2.32. The molecule has 8 heteroatoms. The lowest BCUT2D eigenvalue weighted by atomic mass is 9.96. The molecule has 2 N–H and O–H groups in total. The van der Waals surface area contributed by atoms with Crippen LogP contribution in [0.4, 0.5) is 5.95 Å². The second-order valence-electron chi connectivity index (χ2n) is 5.42. The Hall–Kier alpha value is -2.41. The first-order chi connectivity index (χ1) is 11.1. The number of aromatic nitrogens is 3. The summed E-state index contributed by atoms with van der Waals surface area (Å²) in [6.07, 6.45) is 2.85. The third kappa shape index (κ3) is 3.68. The molecule has 1 unspecified atom stereocenters. The van der Waals surface area contributed by atoms with Crippen molar-refractivity contribution < 1.29 is 9.59 Å². The topological polar surface area (TPSA) is 91.0 Å². The molecule has 0 radical (unpaired) electrons. The van der Waals surface area contributed by atoms with Crippen LogP contribution in [0.3, 0.4) is 0 Å². The summed E-state index contributed by atoms with van der Waals surface area (Å²) in [7, 11) is 0. The van der Waals surface area contributed by atoms with Crippen molar-refractivity contribution in [2.24, 2.45) is 5.92 Å². The highest BCUT2D eigenvalue weighted by molar-refractivity contribution is 6.30. The Kier molecular flexibility index (Phi) is 4.57. The highest BCUT2D eigenvalue weighted by Gasteiger charge is 2.29. The van der Waals surface area contributed by atoms with Crippen molar-refractivity contribution in [2.45, 2.75) is 12.8 Å². The number of nitrogens with one attached hydrogen (secondary N) is 2. The van der Waals surface area contributed by atoms with E-state index in [4.69, 9.17) is 11.6 Å². The van der Waals surface area contributed by atoms with Crippen LogP contribution < -0.4 is 5.32 Å². The molecule has 2 aromatic rings. The van der Waals surface area contributed by atoms with Gasteiger partial charge in [0, 0.05) is 23.7 Å². The maximum Gasteiger partial charge on any atom is 0.253 e. The fourth-order valence-electron chi connectivity index (χ4n) is 2.64. The van der Waals surface area contributed by atoms with E-state index in [2.05, 4.69) is 20.5 Å². The van der Waals surface area contributed by atoms with Gasteiger partial charge in [-0.2, -0.15) is 10.1 Å². The number of halogens is 1. The monoisotopic (exact) mass is 333 g/mol. The summed E-state index contributed by atoms with van der Waals surface area (Å²) in [5.41, 5.74) is 0.575. The highest BCUT2D eigenvalue weighted by Crippen LogP contribution is 2.20. The number of carbonyl (C=O) groups excluding carboxylic acids is 2. The van der Waals surface area contributed by atoms with Gasteiger partial charge in [0.25, 0.3) is 5.91 Å². The normalized spacial score (nSPS) is 17.8. The number of piperidine rings is 1. The zero-order valence-electron chi connectivity index (χ0n) is 12.3. The molecule has 1 fully saturated rings. The molecule has 2 amide bonds. The number of hydrogen-bond acceptors (Lipinski definition) is 4. The summed E-state index contributed by atoms with van der Waals surface area (Å²) < 4.78 is 0. The molecule has 0 spiro atoms. The molecule has 1 aromatic heterocycles. The van der Waals surface area contributed by atoms with Crippen LogP contribution in [0.1, 0.15) is 23.2 Å². The average molecular weight is 334 g/mol. The molecule has 120 valence electrons. The van der Waals surface area contributed by atoms with Crippen molar-refractivity contribution in [3.8, 4) is 0 Å². The van der Waals surface area contributed by atoms with Gasteiger partial charge >= 0.3 is 0 Å². The van der Waals surface area contributed by atoms with Gasteiger partial charge in [-0.15, -0.1) is 0 Å². The zero-order valence-corrected chi connectivity index (χ0v) is 13.1. The summed E-state index contributed by atoms with van der Waals surface area (Å²) in [5, 5.41) is 9.53. The van der Waals surface area contributed by atoms with Gasteiger partial charge in [0.1, 0.15) is 6.33 Å². The van der Waals surface area contributed by atoms with E-state index in [9.17, 15) is 9.59 Å². The van der Waals surface area contributed by atoms with E-state index >= 15 is 0 Å². The SMILES string of the molecule is O=C(Nc1ncn[nH]1)C1CCCN(C(=O)c2ccc(Cl)cc2)C1. The summed E-state index contributed by atoms with van der Waals surface area (Å²) in [6.45, 7) is 1.04. The molecule has 7 nitrogen and oxygen atoms in total. The minimum Gasteiger partial charge on any atom is -0.338 e. The number of hydrogen-bond donors (Lipinski definition) is 2. The van der Waals surface area contributed by atoms with Crippen LogP contribution in [-0.4, -0.2) is 45.0 Å². The molecule has 1 atom stereocenters. The van der Waals surface area contributed by atoms with Crippen LogP contribution in [0.25, 0.3) is 0 Å². The van der Waals surface area contributed by atoms with E-state index in [1.54, 1.807) is 29.2 Å². The minimum absolute atomic E-state index is 0.0844. The van der Waals surface area contributed by atoms with Gasteiger partial charge in [-0.1, -0.05) is 11.6 Å². The van der Waals surface area contributed by atoms with Crippen LogP contribution in [-0.2, 0) is 4.79 Å². The van der Waals surface area contributed by atoms with Gasteiger partial charge in [0.05, 0.1) is 5.92 Å². The Morgan fingerprint density at radius 3 is 2.78 bits per heavy atom. The zero-order chi connectivity index (χ0) is 16.2. The Bertz CT molecular complexity index is 686. The van der Waals surface area contributed by atoms with Gasteiger partial charge in [-0.25, -0.2) is 5.10 Å². The smallest absolute Gasteiger partial charge is 0.253 e. The van der Waals surface area contributed by atoms with Crippen molar-refractivity contribution in [1.82, 2.24) is 20.1 Å². The maximum atomic E-state index is 12.5. The van der Waals surface area contributed by atoms with Crippen molar-refractivity contribution in [1.29, 1.82) is 0 Å². The third-order valence-electron chi connectivity index (χ3n) is 3.83. The minimum atomic E-state index is -0.259. The van der Waals surface area contributed by atoms with Gasteiger partial charge in [-0.3, -0.25) is 14.9 Å². The van der Waals surface area contributed by atoms with Gasteiger partial charge in [-0.05, 0) is 37.1 Å². The van der Waals surface area contributed by atoms with Crippen molar-refractivity contribution in [3.63, 3.8) is 0 Å². The predicted molar refractivity (Wildman–Crippen MR) is 85.1 cm³/mol. The molecular formula is C15H16ClN5O2. The number of likely N-dealkylation sites (tertiary alicyclic amines) is 1. The van der Waals surface area contributed by atoms with E-state index in [0.717, 1.165) is 12.8 Å². The first-order valence-corrected chi connectivity index (χ1v) is 7.72. The van der Waals surface area contributed by atoms with Crippen molar-refractivity contribution >= 4 is 29.4 Å². The number of nitrogens with zero attached hydrogens (tertiary/aromatic N) is 3. The quantitative estimate of drug-likeness (QED) is 0.898. The molecule has 1 saturated heterocycles. The van der Waals surface area contributed by atoms with E-state index in [1.165, 1.54) is 6.33 Å². The molecule has 3 rings (SSSR count). The molecule has 2 heterocycles. The van der Waals surface area contributed by atoms with E-state index in [0.29, 0.717) is 29.6 Å². The van der Waals surface area contributed by atoms with Crippen molar-refractivity contribution in [2.75, 3.05) is 18.4 Å². The Labute approximate surface area is 138 Å². The fraction of sp³-hybridized carbons (Fsp3) is 0.333. The number of anilines is 1. The number of benzene rings is 1. The van der Waals surface area contributed by atoms with E-state index < -0.39 is 0 Å². The number of H-pyrrole nitrogens is 1. The standard InChI is InChI=1S/C15H16ClN5O2/c16-12-5-3-10(4-6-12)14(23)21-7-1-2-11(8-21)13(22)19-15-17-9-18-20-15/h3-6,9,11H,1-2,7-8H2,(H2,17,18,19,20,22). The van der Waals surface area contributed by atoms with E-state index in [1.807, 2.05) is 0 Å². The van der Waals surface area contributed by atoms with E-state index in [-0.39, 0.29) is 17.7 Å². The summed E-state index contributed by atoms with van der Waals surface area (Å²) in [4.78, 5) is 30.4. The Morgan fingerprint density at radius 2 is 2.09 bits per heavy atom. The largest absolute Gasteiger partial charge is 0.338 e. The Morgan fingerprint density at radius 1 is 1.30 bits per heavy atom. The second kappa shape index (κ2) is 6.78. The molecule has 1 aliphatic heterocycles. The predicted octanol–water partition coefficient (Wildman–Crippen LogP) is 1.95. The van der Waals surface area contributed by atoms with Crippen LogP contribution >= 0.6 is 11.6 Å². The third-order valence-corrected chi connectivity index (χ3v) is 4.08. The molecule has 0 saturated carbocycles. The first kappa shape index (κ1) is 15.5.